The number of hydrogen-bond donors (Lipinski definition) is 0. The maximum absolute atomic E-state index is 11.1. The largest absolute Gasteiger partial charge is 0.456 e. The molecule has 0 unspecified atom stereocenters. The predicted molar refractivity (Wildman–Crippen MR) is 56.6 cm³/mol. The van der Waals surface area contributed by atoms with E-state index in [2.05, 4.69) is 11.7 Å². The summed E-state index contributed by atoms with van der Waals surface area (Å²) < 4.78 is 5.03. The van der Waals surface area contributed by atoms with Crippen molar-refractivity contribution in [3.05, 3.63) is 17.9 Å². The summed E-state index contributed by atoms with van der Waals surface area (Å²) in [5.41, 5.74) is 2.27. The molecule has 0 N–H and O–H groups in total. The zero-order chi connectivity index (χ0) is 11.0. The smallest absolute Gasteiger partial charge is 0.339 e. The van der Waals surface area contributed by atoms with Crippen molar-refractivity contribution in [3.8, 4) is 12.3 Å². The van der Waals surface area contributed by atoms with Gasteiger partial charge in [0.1, 0.15) is 5.60 Å². The van der Waals surface area contributed by atoms with Crippen LogP contribution in [0, 0.1) is 12.3 Å². The summed E-state index contributed by atoms with van der Waals surface area (Å²) >= 11 is 0. The Balaban J connectivity index is 3.95. The number of carbonyl (C=O) groups excluding carboxylic acids is 1. The van der Waals surface area contributed by atoms with Gasteiger partial charge in [-0.25, -0.2) is 4.79 Å². The van der Waals surface area contributed by atoms with E-state index in [1.807, 2.05) is 20.8 Å². The van der Waals surface area contributed by atoms with E-state index in [4.69, 9.17) is 11.2 Å². The van der Waals surface area contributed by atoms with Crippen LogP contribution in [0.25, 0.3) is 0 Å². The fraction of sp³-hybridized carbons (Fsp3) is 0.500. The highest BCUT2D eigenvalue weighted by Crippen LogP contribution is 2.06. The molecule has 0 atom stereocenters. The maximum Gasteiger partial charge on any atom is 0.339 e. The topological polar surface area (TPSA) is 26.3 Å². The van der Waals surface area contributed by atoms with Gasteiger partial charge in [-0.3, -0.25) is 0 Å². The summed E-state index contributed by atoms with van der Waals surface area (Å²) in [4.78, 5) is 11.1. The lowest BCUT2D eigenvalue weighted by Crippen LogP contribution is -2.22. The first-order chi connectivity index (χ1) is 6.45. The second-order valence-corrected chi connectivity index (χ2v) is 3.79. The van der Waals surface area contributed by atoms with Crippen molar-refractivity contribution in [1.29, 1.82) is 0 Å². The van der Waals surface area contributed by atoms with Crippen LogP contribution < -0.4 is 0 Å². The summed E-state index contributed by atoms with van der Waals surface area (Å²) in [5, 5.41) is 0. The molecule has 0 saturated carbocycles. The lowest BCUT2D eigenvalue weighted by molar-refractivity contribution is -0.148. The second-order valence-electron chi connectivity index (χ2n) is 3.79. The lowest BCUT2D eigenvalue weighted by Gasteiger charge is -2.17. The van der Waals surface area contributed by atoms with Crippen LogP contribution in [0.3, 0.4) is 0 Å². The highest BCUT2D eigenvalue weighted by atomic mass is 16.6. The van der Waals surface area contributed by atoms with Crippen molar-refractivity contribution in [2.75, 3.05) is 0 Å². The van der Waals surface area contributed by atoms with Crippen LogP contribution in [0.2, 0.25) is 0 Å². The molecule has 0 amide bonds. The lowest BCUT2D eigenvalue weighted by atomic mass is 10.2. The van der Waals surface area contributed by atoms with E-state index in [0.29, 0.717) is 6.42 Å². The van der Waals surface area contributed by atoms with E-state index in [1.165, 1.54) is 6.08 Å². The first-order valence-electron chi connectivity index (χ1n) is 4.53. The second kappa shape index (κ2) is 6.07. The molecule has 0 aliphatic rings. The molecule has 0 aromatic heterocycles. The van der Waals surface area contributed by atoms with Gasteiger partial charge in [-0.15, -0.1) is 18.1 Å². The summed E-state index contributed by atoms with van der Waals surface area (Å²) in [7, 11) is 0. The molecule has 0 aromatic rings. The van der Waals surface area contributed by atoms with E-state index in [0.717, 1.165) is 6.42 Å². The first kappa shape index (κ1) is 12.6. The Kier molecular flexibility index (Phi) is 5.44. The molecule has 0 heterocycles. The average Bonchev–Trinajstić information content (AvgIpc) is 2.00. The minimum Gasteiger partial charge on any atom is -0.456 e. The Morgan fingerprint density at radius 2 is 2.14 bits per heavy atom. The molecule has 0 bridgehead atoms. The number of carbonyl (C=O) groups is 1. The fourth-order valence-corrected chi connectivity index (χ4v) is 0.697. The number of esters is 1. The van der Waals surface area contributed by atoms with Crippen LogP contribution in [0.4, 0.5) is 0 Å². The number of hydrogen-bond acceptors (Lipinski definition) is 2. The van der Waals surface area contributed by atoms with E-state index < -0.39 is 5.60 Å². The molecule has 0 aliphatic carbocycles. The van der Waals surface area contributed by atoms with Crippen LogP contribution in [-0.4, -0.2) is 11.6 Å². The standard InChI is InChI=1S/C12H16O2/c1-5-6-7-8-9-10-11(13)14-12(2,3)4/h1,8,10H,6-7H2,2-4H3. The molecule has 0 aliphatic heterocycles. The Bertz CT molecular complexity index is 280. The predicted octanol–water partition coefficient (Wildman–Crippen LogP) is 2.45. The van der Waals surface area contributed by atoms with E-state index in [1.54, 1.807) is 6.08 Å². The number of rotatable bonds is 3. The quantitative estimate of drug-likeness (QED) is 0.226. The number of terminal acetylenes is 1. The van der Waals surface area contributed by atoms with Crippen molar-refractivity contribution in [2.24, 2.45) is 0 Å². The summed E-state index contributed by atoms with van der Waals surface area (Å²) in [6.45, 7) is 5.46. The van der Waals surface area contributed by atoms with Gasteiger partial charge >= 0.3 is 5.97 Å². The van der Waals surface area contributed by atoms with Crippen molar-refractivity contribution >= 4 is 5.97 Å². The minimum absolute atomic E-state index is 0.380. The Hall–Kier alpha value is -1.45. The highest BCUT2D eigenvalue weighted by molar-refractivity contribution is 5.82. The molecule has 14 heavy (non-hydrogen) atoms. The zero-order valence-electron chi connectivity index (χ0n) is 8.96. The normalized spacial score (nSPS) is 9.57. The Labute approximate surface area is 85.6 Å². The SMILES string of the molecule is C#CCCC=C=CC(=O)OC(C)(C)C. The molecule has 0 radical (unpaired) electrons. The fourth-order valence-electron chi connectivity index (χ4n) is 0.697. The average molecular weight is 192 g/mol. The van der Waals surface area contributed by atoms with Gasteiger partial charge in [0.15, 0.2) is 0 Å². The molecule has 2 heteroatoms. The number of unbranched alkanes of at least 4 members (excludes halogenated alkanes) is 1. The Morgan fingerprint density at radius 1 is 1.50 bits per heavy atom. The molecule has 0 rings (SSSR count). The third-order valence-corrected chi connectivity index (χ3v) is 1.16. The molecule has 76 valence electrons. The summed E-state index contributed by atoms with van der Waals surface area (Å²) in [5.74, 6) is 2.11. The molecule has 0 fully saturated rings. The first-order valence-corrected chi connectivity index (χ1v) is 4.53. The Morgan fingerprint density at radius 3 is 2.64 bits per heavy atom. The van der Waals surface area contributed by atoms with Crippen molar-refractivity contribution in [1.82, 2.24) is 0 Å². The number of ether oxygens (including phenoxy) is 1. The van der Waals surface area contributed by atoms with Crippen LogP contribution in [0.1, 0.15) is 33.6 Å². The van der Waals surface area contributed by atoms with E-state index in [9.17, 15) is 4.79 Å². The third-order valence-electron chi connectivity index (χ3n) is 1.16. The van der Waals surface area contributed by atoms with Gasteiger partial charge in [-0.1, -0.05) is 0 Å². The van der Waals surface area contributed by atoms with Crippen LogP contribution in [-0.2, 0) is 9.53 Å². The van der Waals surface area contributed by atoms with Gasteiger partial charge in [-0.05, 0) is 33.3 Å². The van der Waals surface area contributed by atoms with Gasteiger partial charge < -0.3 is 4.74 Å². The van der Waals surface area contributed by atoms with Gasteiger partial charge in [0, 0.05) is 6.42 Å². The highest BCUT2D eigenvalue weighted by Gasteiger charge is 2.13. The zero-order valence-corrected chi connectivity index (χ0v) is 8.96. The molecular weight excluding hydrogens is 176 g/mol. The summed E-state index contributed by atoms with van der Waals surface area (Å²) in [6, 6.07) is 0. The van der Waals surface area contributed by atoms with Crippen LogP contribution in [0.15, 0.2) is 17.9 Å². The maximum atomic E-state index is 11.1. The minimum atomic E-state index is -0.450. The van der Waals surface area contributed by atoms with Gasteiger partial charge in [0.2, 0.25) is 0 Å². The van der Waals surface area contributed by atoms with Crippen LogP contribution >= 0.6 is 0 Å². The molecular formula is C12H16O2. The van der Waals surface area contributed by atoms with E-state index in [-0.39, 0.29) is 5.97 Å². The van der Waals surface area contributed by atoms with Crippen molar-refractivity contribution in [3.63, 3.8) is 0 Å². The molecule has 0 aromatic carbocycles. The van der Waals surface area contributed by atoms with Gasteiger partial charge in [0.25, 0.3) is 0 Å². The molecule has 0 saturated heterocycles. The van der Waals surface area contributed by atoms with Crippen molar-refractivity contribution in [2.45, 2.75) is 39.2 Å². The van der Waals surface area contributed by atoms with Crippen LogP contribution in [0.5, 0.6) is 0 Å². The van der Waals surface area contributed by atoms with E-state index >= 15 is 0 Å². The third kappa shape index (κ3) is 8.64. The monoisotopic (exact) mass is 192 g/mol. The molecule has 0 spiro atoms. The molecule has 2 nitrogen and oxygen atoms in total. The summed E-state index contributed by atoms with van der Waals surface area (Å²) in [6.07, 6.45) is 9.45. The van der Waals surface area contributed by atoms with Crippen molar-refractivity contribution < 1.29 is 9.53 Å². The van der Waals surface area contributed by atoms with Gasteiger partial charge in [0.05, 0.1) is 6.08 Å². The van der Waals surface area contributed by atoms with Gasteiger partial charge in [-0.2, -0.15) is 0 Å².